The van der Waals surface area contributed by atoms with Crippen molar-refractivity contribution < 1.29 is 28.6 Å². The van der Waals surface area contributed by atoms with Crippen LogP contribution in [0.25, 0.3) is 0 Å². The van der Waals surface area contributed by atoms with Crippen LogP contribution in [0.2, 0.25) is 0 Å². The molecule has 1 saturated heterocycles. The fourth-order valence-electron chi connectivity index (χ4n) is 4.32. The van der Waals surface area contributed by atoms with E-state index in [-0.39, 0.29) is 24.7 Å². The Morgan fingerprint density at radius 1 is 0.921 bits per heavy atom. The van der Waals surface area contributed by atoms with E-state index in [0.717, 1.165) is 11.1 Å². The largest absolute Gasteiger partial charge is 0.486 e. The Morgan fingerprint density at radius 2 is 1.63 bits per heavy atom. The van der Waals surface area contributed by atoms with Gasteiger partial charge in [-0.05, 0) is 41.8 Å². The molecule has 2 heterocycles. The number of rotatable bonds is 10. The van der Waals surface area contributed by atoms with Crippen LogP contribution in [0.15, 0.2) is 78.9 Å². The number of fused-ring (bicyclic) bond motifs is 1. The standard InChI is InChI=1S/C29H29N3O6/c33-25(14-12-19-7-3-1-4-8-19)30-22(17-20-11-13-23-24(18-20)37-16-15-36-23)27(34)31-26-28(35)32-29(26)38-21-9-5-2-6-10-21/h1-11,13,18,22,26,29H,12,14-17H2,(H,30,33)(H,31,34)(H,32,35)/t22-,26+,29-/m0/s1. The minimum Gasteiger partial charge on any atom is -0.486 e. The number of para-hydroxylation sites is 1. The van der Waals surface area contributed by atoms with Crippen LogP contribution in [-0.4, -0.2) is 49.2 Å². The van der Waals surface area contributed by atoms with Crippen LogP contribution in [0, 0.1) is 0 Å². The summed E-state index contributed by atoms with van der Waals surface area (Å²) in [5.41, 5.74) is 1.82. The Hall–Kier alpha value is -4.53. The Kier molecular flexibility index (Phi) is 7.73. The first kappa shape index (κ1) is 25.1. The molecule has 9 nitrogen and oxygen atoms in total. The first-order valence-electron chi connectivity index (χ1n) is 12.6. The van der Waals surface area contributed by atoms with E-state index in [2.05, 4.69) is 16.0 Å². The molecule has 5 rings (SSSR count). The molecule has 0 unspecified atom stereocenters. The second kappa shape index (κ2) is 11.7. The molecule has 3 aromatic carbocycles. The number of carbonyl (C=O) groups is 3. The predicted molar refractivity (Wildman–Crippen MR) is 139 cm³/mol. The highest BCUT2D eigenvalue weighted by Gasteiger charge is 2.43. The summed E-state index contributed by atoms with van der Waals surface area (Å²) in [6.07, 6.45) is 0.261. The molecule has 0 saturated carbocycles. The Balaban J connectivity index is 1.27. The number of aryl methyl sites for hydroxylation is 1. The molecule has 0 radical (unpaired) electrons. The lowest BCUT2D eigenvalue weighted by atomic mass is 10.0. The van der Waals surface area contributed by atoms with E-state index >= 15 is 0 Å². The van der Waals surface area contributed by atoms with E-state index in [1.165, 1.54) is 0 Å². The van der Waals surface area contributed by atoms with Gasteiger partial charge in [0.1, 0.15) is 25.0 Å². The maximum absolute atomic E-state index is 13.4. The zero-order chi connectivity index (χ0) is 26.3. The normalized spacial score (nSPS) is 18.4. The zero-order valence-electron chi connectivity index (χ0n) is 20.7. The number of ether oxygens (including phenoxy) is 3. The van der Waals surface area contributed by atoms with Crippen molar-refractivity contribution in [1.29, 1.82) is 0 Å². The molecule has 1 fully saturated rings. The summed E-state index contributed by atoms with van der Waals surface area (Å²) in [7, 11) is 0. The fourth-order valence-corrected chi connectivity index (χ4v) is 4.32. The van der Waals surface area contributed by atoms with Gasteiger partial charge in [-0.15, -0.1) is 0 Å². The molecule has 196 valence electrons. The molecular formula is C29H29N3O6. The van der Waals surface area contributed by atoms with E-state index in [0.29, 0.717) is 36.9 Å². The lowest BCUT2D eigenvalue weighted by Gasteiger charge is -2.37. The maximum Gasteiger partial charge on any atom is 0.251 e. The van der Waals surface area contributed by atoms with Crippen LogP contribution in [0.3, 0.4) is 0 Å². The van der Waals surface area contributed by atoms with Gasteiger partial charge in [0.05, 0.1) is 0 Å². The molecule has 3 aromatic rings. The summed E-state index contributed by atoms with van der Waals surface area (Å²) in [5, 5.41) is 8.26. The Labute approximate surface area is 220 Å². The van der Waals surface area contributed by atoms with Gasteiger partial charge in [-0.1, -0.05) is 54.6 Å². The van der Waals surface area contributed by atoms with Crippen LogP contribution >= 0.6 is 0 Å². The summed E-state index contributed by atoms with van der Waals surface area (Å²) in [6, 6.07) is 22.3. The van der Waals surface area contributed by atoms with Crippen molar-refractivity contribution in [1.82, 2.24) is 16.0 Å². The van der Waals surface area contributed by atoms with Gasteiger partial charge in [0, 0.05) is 12.8 Å². The summed E-state index contributed by atoms with van der Waals surface area (Å²) in [6.45, 7) is 0.917. The van der Waals surface area contributed by atoms with E-state index in [4.69, 9.17) is 14.2 Å². The molecule has 2 aliphatic rings. The lowest BCUT2D eigenvalue weighted by molar-refractivity contribution is -0.144. The summed E-state index contributed by atoms with van der Waals surface area (Å²) >= 11 is 0. The minimum atomic E-state index is -0.911. The Morgan fingerprint density at radius 3 is 2.37 bits per heavy atom. The molecule has 0 bridgehead atoms. The van der Waals surface area contributed by atoms with E-state index < -0.39 is 24.2 Å². The van der Waals surface area contributed by atoms with Gasteiger partial charge in [0.15, 0.2) is 17.5 Å². The van der Waals surface area contributed by atoms with Crippen molar-refractivity contribution in [2.75, 3.05) is 13.2 Å². The molecule has 3 N–H and O–H groups in total. The number of nitrogens with one attached hydrogen (secondary N) is 3. The summed E-state index contributed by atoms with van der Waals surface area (Å²) in [5.74, 6) is 0.709. The van der Waals surface area contributed by atoms with Gasteiger partial charge in [0.25, 0.3) is 5.91 Å². The third-order valence-corrected chi connectivity index (χ3v) is 6.36. The van der Waals surface area contributed by atoms with Crippen molar-refractivity contribution in [3.05, 3.63) is 90.0 Å². The number of hydrogen-bond acceptors (Lipinski definition) is 6. The van der Waals surface area contributed by atoms with E-state index in [1.54, 1.807) is 18.2 Å². The molecular weight excluding hydrogens is 486 g/mol. The summed E-state index contributed by atoms with van der Waals surface area (Å²) in [4.78, 5) is 38.5. The average Bonchev–Trinajstić information content (AvgIpc) is 2.95. The zero-order valence-corrected chi connectivity index (χ0v) is 20.7. The molecule has 2 aliphatic heterocycles. The predicted octanol–water partition coefficient (Wildman–Crippen LogP) is 2.14. The smallest absolute Gasteiger partial charge is 0.251 e. The second-order valence-electron chi connectivity index (χ2n) is 9.13. The molecule has 0 spiro atoms. The first-order chi connectivity index (χ1) is 18.5. The van der Waals surface area contributed by atoms with Crippen LogP contribution in [0.4, 0.5) is 0 Å². The topological polar surface area (TPSA) is 115 Å². The van der Waals surface area contributed by atoms with Crippen molar-refractivity contribution >= 4 is 17.7 Å². The van der Waals surface area contributed by atoms with E-state index in [9.17, 15) is 14.4 Å². The highest BCUT2D eigenvalue weighted by Crippen LogP contribution is 2.31. The van der Waals surface area contributed by atoms with Gasteiger partial charge in [-0.3, -0.25) is 14.4 Å². The van der Waals surface area contributed by atoms with Crippen molar-refractivity contribution in [3.63, 3.8) is 0 Å². The highest BCUT2D eigenvalue weighted by atomic mass is 16.6. The SMILES string of the molecule is O=C(CCc1ccccc1)N[C@@H](Cc1ccc2c(c1)OCCO2)C(=O)N[C@@H]1C(=O)N[C@H]1Oc1ccccc1. The van der Waals surface area contributed by atoms with Gasteiger partial charge >= 0.3 is 0 Å². The first-order valence-corrected chi connectivity index (χ1v) is 12.6. The number of carbonyl (C=O) groups excluding carboxylic acids is 3. The van der Waals surface area contributed by atoms with Crippen LogP contribution < -0.4 is 30.2 Å². The van der Waals surface area contributed by atoms with Crippen molar-refractivity contribution in [2.24, 2.45) is 0 Å². The Bertz CT molecular complexity index is 1280. The van der Waals surface area contributed by atoms with Gasteiger partial charge < -0.3 is 30.2 Å². The van der Waals surface area contributed by atoms with E-state index in [1.807, 2.05) is 60.7 Å². The van der Waals surface area contributed by atoms with Crippen LogP contribution in [-0.2, 0) is 27.2 Å². The van der Waals surface area contributed by atoms with Crippen LogP contribution in [0.5, 0.6) is 17.2 Å². The third-order valence-electron chi connectivity index (χ3n) is 6.36. The molecule has 3 amide bonds. The lowest BCUT2D eigenvalue weighted by Crippen LogP contribution is -2.72. The number of hydrogen-bond donors (Lipinski definition) is 3. The second-order valence-corrected chi connectivity index (χ2v) is 9.13. The van der Waals surface area contributed by atoms with Crippen molar-refractivity contribution in [2.45, 2.75) is 37.6 Å². The fraction of sp³-hybridized carbons (Fsp3) is 0.276. The van der Waals surface area contributed by atoms with Gasteiger partial charge in [-0.2, -0.15) is 0 Å². The maximum atomic E-state index is 13.4. The quantitative estimate of drug-likeness (QED) is 0.357. The third kappa shape index (κ3) is 6.23. The van der Waals surface area contributed by atoms with Crippen molar-refractivity contribution in [3.8, 4) is 17.2 Å². The highest BCUT2D eigenvalue weighted by molar-refractivity contribution is 5.95. The molecule has 3 atom stereocenters. The van der Waals surface area contributed by atoms with Crippen LogP contribution in [0.1, 0.15) is 17.5 Å². The number of amides is 3. The number of benzene rings is 3. The molecule has 38 heavy (non-hydrogen) atoms. The van der Waals surface area contributed by atoms with Gasteiger partial charge in [0.2, 0.25) is 18.0 Å². The average molecular weight is 516 g/mol. The molecule has 0 aliphatic carbocycles. The minimum absolute atomic E-state index is 0.206. The molecule has 9 heteroatoms. The number of β-lactam (4-membered cyclic amide) rings is 1. The summed E-state index contributed by atoms with van der Waals surface area (Å²) < 4.78 is 17.1. The molecule has 0 aromatic heterocycles. The monoisotopic (exact) mass is 515 g/mol. The van der Waals surface area contributed by atoms with Gasteiger partial charge in [-0.25, -0.2) is 0 Å².